The van der Waals surface area contributed by atoms with Gasteiger partial charge >= 0.3 is 6.03 Å². The van der Waals surface area contributed by atoms with Crippen molar-refractivity contribution in [3.63, 3.8) is 0 Å². The van der Waals surface area contributed by atoms with Crippen molar-refractivity contribution in [2.24, 2.45) is 0 Å². The van der Waals surface area contributed by atoms with Crippen LogP contribution in [0.1, 0.15) is 12.5 Å². The normalized spacial score (nSPS) is 11.7. The number of rotatable bonds is 5. The Balaban J connectivity index is 1.64. The van der Waals surface area contributed by atoms with E-state index < -0.39 is 0 Å². The summed E-state index contributed by atoms with van der Waals surface area (Å²) in [5, 5.41) is 5.48. The van der Waals surface area contributed by atoms with Gasteiger partial charge in [0.05, 0.1) is 12.8 Å². The molecule has 2 N–H and O–H groups in total. The van der Waals surface area contributed by atoms with Crippen LogP contribution in [0.2, 0.25) is 0 Å². The topological polar surface area (TPSA) is 89.1 Å². The number of nitrogens with one attached hydrogen (secondary N) is 2. The lowest BCUT2D eigenvalue weighted by atomic mass is 10.2. The molecule has 0 saturated heterocycles. The van der Waals surface area contributed by atoms with Crippen LogP contribution in [-0.2, 0) is 11.3 Å². The summed E-state index contributed by atoms with van der Waals surface area (Å²) in [6.07, 6.45) is 0. The second kappa shape index (κ2) is 7.86. The maximum Gasteiger partial charge on any atom is 0.321 e. The molecule has 8 nitrogen and oxygen atoms in total. The van der Waals surface area contributed by atoms with Gasteiger partial charge in [0.1, 0.15) is 5.75 Å². The van der Waals surface area contributed by atoms with Crippen LogP contribution in [0.25, 0.3) is 0 Å². The first-order valence-electron chi connectivity index (χ1n) is 8.32. The van der Waals surface area contributed by atoms with Crippen LogP contribution in [-0.4, -0.2) is 37.8 Å². The van der Waals surface area contributed by atoms with Gasteiger partial charge in [-0.25, -0.2) is 4.79 Å². The fourth-order valence-corrected chi connectivity index (χ4v) is 2.67. The molecule has 1 aliphatic heterocycles. The second-order valence-electron chi connectivity index (χ2n) is 6.07. The number of carbonyl (C=O) groups excluding carboxylic acids is 2. The number of carbonyl (C=O) groups is 2. The number of anilines is 2. The number of methoxy groups -OCH3 is 1. The van der Waals surface area contributed by atoms with Crippen molar-refractivity contribution in [3.05, 3.63) is 42.0 Å². The molecule has 0 radical (unpaired) electrons. The van der Waals surface area contributed by atoms with Crippen LogP contribution < -0.4 is 24.8 Å². The fraction of sp³-hybridized carbons (Fsp3) is 0.263. The number of nitrogens with zero attached hydrogens (tertiary/aromatic N) is 1. The number of amides is 3. The Kier molecular flexibility index (Phi) is 5.35. The van der Waals surface area contributed by atoms with E-state index in [0.717, 1.165) is 5.56 Å². The molecule has 0 fully saturated rings. The largest absolute Gasteiger partial charge is 0.494 e. The first-order chi connectivity index (χ1) is 13.0. The van der Waals surface area contributed by atoms with Gasteiger partial charge in [-0.1, -0.05) is 6.07 Å². The monoisotopic (exact) mass is 371 g/mol. The molecular formula is C19H21N3O5. The second-order valence-corrected chi connectivity index (χ2v) is 6.07. The van der Waals surface area contributed by atoms with Gasteiger partial charge in [-0.15, -0.1) is 0 Å². The Morgan fingerprint density at radius 1 is 1.11 bits per heavy atom. The van der Waals surface area contributed by atoms with Gasteiger partial charge in [-0.3, -0.25) is 4.79 Å². The third-order valence-corrected chi connectivity index (χ3v) is 3.97. The summed E-state index contributed by atoms with van der Waals surface area (Å²) in [7, 11) is 3.20. The third kappa shape index (κ3) is 4.41. The van der Waals surface area contributed by atoms with E-state index in [1.807, 2.05) is 18.2 Å². The molecule has 3 rings (SSSR count). The first-order valence-corrected chi connectivity index (χ1v) is 8.32. The lowest BCUT2D eigenvalue weighted by Gasteiger charge is -2.19. The van der Waals surface area contributed by atoms with E-state index in [0.29, 0.717) is 35.2 Å². The molecule has 0 bridgehead atoms. The highest BCUT2D eigenvalue weighted by Gasteiger charge is 2.16. The van der Waals surface area contributed by atoms with Crippen molar-refractivity contribution >= 4 is 23.3 Å². The van der Waals surface area contributed by atoms with Crippen molar-refractivity contribution in [1.29, 1.82) is 0 Å². The maximum atomic E-state index is 12.5. The molecule has 2 aromatic carbocycles. The molecule has 1 heterocycles. The van der Waals surface area contributed by atoms with Crippen molar-refractivity contribution < 1.29 is 23.8 Å². The number of hydrogen-bond acceptors (Lipinski definition) is 5. The van der Waals surface area contributed by atoms with Gasteiger partial charge in [-0.2, -0.15) is 0 Å². The zero-order valence-electron chi connectivity index (χ0n) is 15.4. The van der Waals surface area contributed by atoms with Gasteiger partial charge < -0.3 is 29.7 Å². The SMILES string of the molecule is COc1cc(NC(=O)N(C)Cc2ccc3c(c2)OCO3)ccc1NC(C)=O. The quantitative estimate of drug-likeness (QED) is 0.843. The van der Waals surface area contributed by atoms with Crippen LogP contribution in [0, 0.1) is 0 Å². The highest BCUT2D eigenvalue weighted by Crippen LogP contribution is 2.33. The minimum absolute atomic E-state index is 0.200. The minimum atomic E-state index is -0.276. The van der Waals surface area contributed by atoms with E-state index in [4.69, 9.17) is 14.2 Å². The van der Waals surface area contributed by atoms with Crippen LogP contribution in [0.15, 0.2) is 36.4 Å². The van der Waals surface area contributed by atoms with Gasteiger partial charge in [0.15, 0.2) is 11.5 Å². The van der Waals surface area contributed by atoms with E-state index in [-0.39, 0.29) is 18.7 Å². The average molecular weight is 371 g/mol. The maximum absolute atomic E-state index is 12.5. The van der Waals surface area contributed by atoms with Gasteiger partial charge in [-0.05, 0) is 29.8 Å². The minimum Gasteiger partial charge on any atom is -0.494 e. The molecule has 0 aliphatic carbocycles. The molecule has 0 aromatic heterocycles. The number of fused-ring (bicyclic) bond motifs is 1. The zero-order valence-corrected chi connectivity index (χ0v) is 15.4. The van der Waals surface area contributed by atoms with Gasteiger partial charge in [0.2, 0.25) is 12.7 Å². The third-order valence-electron chi connectivity index (χ3n) is 3.97. The predicted octanol–water partition coefficient (Wildman–Crippen LogP) is 3.05. The zero-order chi connectivity index (χ0) is 19.4. The number of urea groups is 1. The van der Waals surface area contributed by atoms with Crippen LogP contribution >= 0.6 is 0 Å². The summed E-state index contributed by atoms with van der Waals surface area (Å²) in [5.41, 5.74) is 2.02. The van der Waals surface area contributed by atoms with Crippen LogP contribution in [0.4, 0.5) is 16.2 Å². The molecule has 8 heteroatoms. The summed E-state index contributed by atoms with van der Waals surface area (Å²) in [5.74, 6) is 1.65. The highest BCUT2D eigenvalue weighted by molar-refractivity contribution is 5.93. The molecule has 0 spiro atoms. The summed E-state index contributed by atoms with van der Waals surface area (Å²) in [4.78, 5) is 25.2. The Bertz CT molecular complexity index is 868. The smallest absolute Gasteiger partial charge is 0.321 e. The molecular weight excluding hydrogens is 350 g/mol. The van der Waals surface area contributed by atoms with E-state index in [2.05, 4.69) is 10.6 Å². The summed E-state index contributed by atoms with van der Waals surface area (Å²) in [6, 6.07) is 10.3. The Hall–Kier alpha value is -3.42. The molecule has 1 aliphatic rings. The van der Waals surface area contributed by atoms with Crippen molar-refractivity contribution in [1.82, 2.24) is 4.90 Å². The lowest BCUT2D eigenvalue weighted by Crippen LogP contribution is -2.30. The van der Waals surface area contributed by atoms with E-state index in [1.54, 1.807) is 30.1 Å². The Labute approximate surface area is 157 Å². The van der Waals surface area contributed by atoms with E-state index in [1.165, 1.54) is 14.0 Å². The molecule has 27 heavy (non-hydrogen) atoms. The van der Waals surface area contributed by atoms with Gasteiger partial charge in [0.25, 0.3) is 0 Å². The number of hydrogen-bond donors (Lipinski definition) is 2. The summed E-state index contributed by atoms with van der Waals surface area (Å²) >= 11 is 0. The number of ether oxygens (including phenoxy) is 3. The molecule has 3 amide bonds. The molecule has 0 atom stereocenters. The van der Waals surface area contributed by atoms with Crippen LogP contribution in [0.5, 0.6) is 17.2 Å². The molecule has 2 aromatic rings. The van der Waals surface area contributed by atoms with Crippen molar-refractivity contribution in [2.75, 3.05) is 31.6 Å². The van der Waals surface area contributed by atoms with E-state index in [9.17, 15) is 9.59 Å². The number of benzene rings is 2. The summed E-state index contributed by atoms with van der Waals surface area (Å²) < 4.78 is 15.9. The van der Waals surface area contributed by atoms with E-state index >= 15 is 0 Å². The van der Waals surface area contributed by atoms with Crippen LogP contribution in [0.3, 0.4) is 0 Å². The Morgan fingerprint density at radius 2 is 1.89 bits per heavy atom. The average Bonchev–Trinajstić information content (AvgIpc) is 3.10. The van der Waals surface area contributed by atoms with Gasteiger partial charge in [0, 0.05) is 32.3 Å². The van der Waals surface area contributed by atoms with Crippen molar-refractivity contribution in [3.8, 4) is 17.2 Å². The lowest BCUT2D eigenvalue weighted by molar-refractivity contribution is -0.114. The highest BCUT2D eigenvalue weighted by atomic mass is 16.7. The standard InChI is InChI=1S/C19H21N3O5/c1-12(23)20-15-6-5-14(9-17(15)25-3)21-19(24)22(2)10-13-4-7-16-18(8-13)27-11-26-16/h4-9H,10-11H2,1-3H3,(H,20,23)(H,21,24). The summed E-state index contributed by atoms with van der Waals surface area (Å²) in [6.45, 7) is 2.04. The Morgan fingerprint density at radius 3 is 2.63 bits per heavy atom. The fourth-order valence-electron chi connectivity index (χ4n) is 2.67. The first kappa shape index (κ1) is 18.4. The molecule has 0 saturated carbocycles. The molecule has 142 valence electrons. The predicted molar refractivity (Wildman–Crippen MR) is 100 cm³/mol. The molecule has 0 unspecified atom stereocenters. The van der Waals surface area contributed by atoms with Crippen molar-refractivity contribution in [2.45, 2.75) is 13.5 Å².